The van der Waals surface area contributed by atoms with Gasteiger partial charge in [0, 0.05) is 30.2 Å². The van der Waals surface area contributed by atoms with Crippen LogP contribution < -0.4 is 0 Å². The molecule has 0 radical (unpaired) electrons. The molecule has 1 atom stereocenters. The number of rotatable bonds is 4. The average Bonchev–Trinajstić information content (AvgIpc) is 3.21. The van der Waals surface area contributed by atoms with Crippen LogP contribution in [-0.2, 0) is 6.54 Å². The molecule has 1 aliphatic heterocycles. The first-order valence-electron chi connectivity index (χ1n) is 7.69. The highest BCUT2D eigenvalue weighted by Crippen LogP contribution is 2.32. The number of aromatic nitrogens is 4. The monoisotopic (exact) mass is 317 g/mol. The molecule has 3 aromatic heterocycles. The molecule has 22 heavy (non-hydrogen) atoms. The lowest BCUT2D eigenvalue weighted by molar-refractivity contribution is 0.231. The fourth-order valence-corrected chi connectivity index (χ4v) is 3.70. The summed E-state index contributed by atoms with van der Waals surface area (Å²) < 4.78 is 7.45. The van der Waals surface area contributed by atoms with Crippen LogP contribution in [0.3, 0.4) is 0 Å². The van der Waals surface area contributed by atoms with E-state index in [9.17, 15) is 0 Å². The Morgan fingerprint density at radius 3 is 3.09 bits per heavy atom. The zero-order valence-corrected chi connectivity index (χ0v) is 13.6. The van der Waals surface area contributed by atoms with Crippen molar-refractivity contribution in [3.05, 3.63) is 35.2 Å². The number of fused-ring (bicyclic) bond motifs is 1. The van der Waals surface area contributed by atoms with E-state index in [-0.39, 0.29) is 12.0 Å². The Kier molecular flexibility index (Phi) is 3.46. The van der Waals surface area contributed by atoms with E-state index in [0.29, 0.717) is 0 Å². The van der Waals surface area contributed by atoms with Crippen LogP contribution in [0.4, 0.5) is 0 Å². The minimum atomic E-state index is 0.246. The van der Waals surface area contributed by atoms with Crippen LogP contribution in [0.15, 0.2) is 22.3 Å². The molecule has 6 nitrogen and oxygen atoms in total. The molecule has 0 spiro atoms. The van der Waals surface area contributed by atoms with Crippen LogP contribution in [0.5, 0.6) is 0 Å². The minimum Gasteiger partial charge on any atom is -0.339 e. The Morgan fingerprint density at radius 2 is 2.32 bits per heavy atom. The number of nitrogens with zero attached hydrogens (tertiary/aromatic N) is 5. The van der Waals surface area contributed by atoms with Gasteiger partial charge in [-0.2, -0.15) is 4.98 Å². The largest absolute Gasteiger partial charge is 0.339 e. The topological polar surface area (TPSA) is 59.5 Å². The zero-order chi connectivity index (χ0) is 15.1. The van der Waals surface area contributed by atoms with Crippen molar-refractivity contribution < 1.29 is 4.52 Å². The fraction of sp³-hybridized carbons (Fsp3) is 0.533. The Balaban J connectivity index is 1.53. The van der Waals surface area contributed by atoms with Gasteiger partial charge in [-0.15, -0.1) is 11.3 Å². The van der Waals surface area contributed by atoms with Gasteiger partial charge in [0.15, 0.2) is 10.8 Å². The van der Waals surface area contributed by atoms with Crippen molar-refractivity contribution in [2.24, 2.45) is 0 Å². The normalized spacial score (nSPS) is 19.7. The molecule has 0 amide bonds. The van der Waals surface area contributed by atoms with E-state index in [1.165, 1.54) is 6.42 Å². The lowest BCUT2D eigenvalue weighted by atomic mass is 10.2. The summed E-state index contributed by atoms with van der Waals surface area (Å²) >= 11 is 1.66. The Hall–Kier alpha value is -1.73. The molecule has 1 fully saturated rings. The van der Waals surface area contributed by atoms with Gasteiger partial charge in [-0.1, -0.05) is 19.0 Å². The summed E-state index contributed by atoms with van der Waals surface area (Å²) in [6, 6.07) is 0.246. The van der Waals surface area contributed by atoms with Gasteiger partial charge in [0.1, 0.15) is 0 Å². The van der Waals surface area contributed by atoms with E-state index in [4.69, 9.17) is 4.52 Å². The molecule has 7 heteroatoms. The molecule has 0 N–H and O–H groups in total. The summed E-state index contributed by atoms with van der Waals surface area (Å²) in [5.41, 5.74) is 1.10. The number of hydrogen-bond acceptors (Lipinski definition) is 6. The average molecular weight is 317 g/mol. The molecular weight excluding hydrogens is 298 g/mol. The molecule has 0 aromatic carbocycles. The van der Waals surface area contributed by atoms with Crippen molar-refractivity contribution in [2.75, 3.05) is 6.54 Å². The van der Waals surface area contributed by atoms with Crippen molar-refractivity contribution in [3.8, 4) is 0 Å². The van der Waals surface area contributed by atoms with E-state index >= 15 is 0 Å². The molecule has 4 rings (SSSR count). The van der Waals surface area contributed by atoms with Gasteiger partial charge in [0.05, 0.1) is 11.7 Å². The number of likely N-dealkylation sites (tertiary alicyclic amines) is 1. The van der Waals surface area contributed by atoms with Crippen molar-refractivity contribution in [2.45, 2.75) is 45.2 Å². The van der Waals surface area contributed by atoms with Crippen LogP contribution >= 0.6 is 11.3 Å². The summed E-state index contributed by atoms with van der Waals surface area (Å²) in [6.45, 7) is 6.04. The predicted molar refractivity (Wildman–Crippen MR) is 83.8 cm³/mol. The predicted octanol–water partition coefficient (Wildman–Crippen LogP) is 3.24. The first-order chi connectivity index (χ1) is 10.7. The Bertz CT molecular complexity index is 745. The highest BCUT2D eigenvalue weighted by molar-refractivity contribution is 7.15. The maximum Gasteiger partial charge on any atom is 0.229 e. The molecule has 0 unspecified atom stereocenters. The van der Waals surface area contributed by atoms with E-state index in [1.807, 2.05) is 6.20 Å². The smallest absolute Gasteiger partial charge is 0.229 e. The molecule has 4 heterocycles. The maximum absolute atomic E-state index is 5.37. The molecule has 0 bridgehead atoms. The van der Waals surface area contributed by atoms with Crippen LogP contribution in [0, 0.1) is 0 Å². The molecule has 1 aliphatic rings. The van der Waals surface area contributed by atoms with Crippen LogP contribution in [0.25, 0.3) is 4.96 Å². The summed E-state index contributed by atoms with van der Waals surface area (Å²) in [5.74, 6) is 1.82. The van der Waals surface area contributed by atoms with Crippen LogP contribution in [-0.4, -0.2) is 31.0 Å². The Morgan fingerprint density at radius 1 is 1.41 bits per heavy atom. The third-order valence-corrected chi connectivity index (χ3v) is 4.89. The van der Waals surface area contributed by atoms with Gasteiger partial charge in [-0.25, -0.2) is 4.98 Å². The fourth-order valence-electron chi connectivity index (χ4n) is 2.99. The second-order valence-electron chi connectivity index (χ2n) is 6.10. The van der Waals surface area contributed by atoms with Gasteiger partial charge in [-0.05, 0) is 19.4 Å². The summed E-state index contributed by atoms with van der Waals surface area (Å²) in [6.07, 6.45) is 6.40. The van der Waals surface area contributed by atoms with Gasteiger partial charge in [0.2, 0.25) is 5.89 Å². The summed E-state index contributed by atoms with van der Waals surface area (Å²) in [7, 11) is 0. The van der Waals surface area contributed by atoms with Crippen molar-refractivity contribution >= 4 is 16.3 Å². The summed E-state index contributed by atoms with van der Waals surface area (Å²) in [4.78, 5) is 12.7. The molecule has 3 aromatic rings. The second kappa shape index (κ2) is 5.48. The van der Waals surface area contributed by atoms with E-state index in [2.05, 4.69) is 49.8 Å². The van der Waals surface area contributed by atoms with Gasteiger partial charge in [-0.3, -0.25) is 9.30 Å². The summed E-state index contributed by atoms with van der Waals surface area (Å²) in [5, 5.41) is 6.25. The quantitative estimate of drug-likeness (QED) is 0.739. The first-order valence-corrected chi connectivity index (χ1v) is 8.57. The highest BCUT2D eigenvalue weighted by atomic mass is 32.1. The number of thiazole rings is 1. The third kappa shape index (κ3) is 2.44. The SMILES string of the molecule is CC(C)c1nc([C@H]2CCCN2Cc2cn3ccsc3n2)no1. The van der Waals surface area contributed by atoms with Gasteiger partial charge in [0.25, 0.3) is 0 Å². The standard InChI is InChI=1S/C15H19N5OS/c1-10(2)14-17-13(18-21-14)12-4-3-5-19(12)8-11-9-20-6-7-22-15(20)16-11/h6-7,9-10,12H,3-5,8H2,1-2H3/t12-/m1/s1. The maximum atomic E-state index is 5.37. The second-order valence-corrected chi connectivity index (χ2v) is 6.97. The van der Waals surface area contributed by atoms with Crippen molar-refractivity contribution in [3.63, 3.8) is 0 Å². The number of hydrogen-bond donors (Lipinski definition) is 0. The minimum absolute atomic E-state index is 0.246. The van der Waals surface area contributed by atoms with Crippen LogP contribution in [0.2, 0.25) is 0 Å². The van der Waals surface area contributed by atoms with Crippen molar-refractivity contribution in [1.29, 1.82) is 0 Å². The van der Waals surface area contributed by atoms with Gasteiger partial charge >= 0.3 is 0 Å². The van der Waals surface area contributed by atoms with E-state index < -0.39 is 0 Å². The highest BCUT2D eigenvalue weighted by Gasteiger charge is 2.30. The van der Waals surface area contributed by atoms with Gasteiger partial charge < -0.3 is 4.52 Å². The number of imidazole rings is 1. The van der Waals surface area contributed by atoms with Crippen molar-refractivity contribution in [1.82, 2.24) is 24.4 Å². The third-order valence-electron chi connectivity index (χ3n) is 4.12. The molecule has 1 saturated heterocycles. The molecule has 0 aliphatic carbocycles. The lowest BCUT2D eigenvalue weighted by Gasteiger charge is -2.20. The Labute approximate surface area is 132 Å². The zero-order valence-electron chi connectivity index (χ0n) is 12.8. The lowest BCUT2D eigenvalue weighted by Crippen LogP contribution is -2.23. The van der Waals surface area contributed by atoms with E-state index in [0.717, 1.165) is 41.9 Å². The first kappa shape index (κ1) is 13.9. The van der Waals surface area contributed by atoms with E-state index in [1.54, 1.807) is 11.3 Å². The molecule has 116 valence electrons. The molecular formula is C15H19N5OS. The van der Waals surface area contributed by atoms with Crippen LogP contribution in [0.1, 0.15) is 56.1 Å². The molecule has 0 saturated carbocycles.